The van der Waals surface area contributed by atoms with Crippen LogP contribution in [0.4, 0.5) is 11.4 Å². The van der Waals surface area contributed by atoms with Crippen molar-refractivity contribution in [2.75, 3.05) is 11.9 Å². The standard InChI is InChI=1S/C16H14ClNO/c1-18-15-7-2-11(10-19)8-13(15)4-3-12-5-6-14(17)9-16(12)18/h2,5-10H,3-4H2,1H3. The second-order valence-corrected chi connectivity index (χ2v) is 5.27. The van der Waals surface area contributed by atoms with E-state index in [-0.39, 0.29) is 0 Å². The topological polar surface area (TPSA) is 20.3 Å². The number of rotatable bonds is 1. The zero-order chi connectivity index (χ0) is 13.4. The quantitative estimate of drug-likeness (QED) is 0.730. The highest BCUT2D eigenvalue weighted by atomic mass is 35.5. The van der Waals surface area contributed by atoms with Crippen molar-refractivity contribution in [1.29, 1.82) is 0 Å². The Hall–Kier alpha value is -1.80. The third kappa shape index (κ3) is 2.13. The Bertz CT molecular complexity index is 651. The molecule has 0 aromatic heterocycles. The number of aryl methyl sites for hydroxylation is 2. The van der Waals surface area contributed by atoms with Gasteiger partial charge in [-0.1, -0.05) is 17.7 Å². The van der Waals surface area contributed by atoms with E-state index in [1.54, 1.807) is 0 Å². The summed E-state index contributed by atoms with van der Waals surface area (Å²) in [6, 6.07) is 11.9. The normalized spacial score (nSPS) is 13.5. The van der Waals surface area contributed by atoms with Crippen LogP contribution in [0.15, 0.2) is 36.4 Å². The molecule has 0 amide bonds. The van der Waals surface area contributed by atoms with E-state index in [0.717, 1.165) is 41.1 Å². The molecule has 0 saturated carbocycles. The number of hydrogen-bond acceptors (Lipinski definition) is 2. The molecule has 1 aliphatic rings. The first-order valence-corrected chi connectivity index (χ1v) is 6.67. The predicted molar refractivity (Wildman–Crippen MR) is 78.8 cm³/mol. The average molecular weight is 272 g/mol. The lowest BCUT2D eigenvalue weighted by Crippen LogP contribution is -2.11. The Morgan fingerprint density at radius 2 is 1.84 bits per heavy atom. The van der Waals surface area contributed by atoms with Gasteiger partial charge < -0.3 is 4.90 Å². The summed E-state index contributed by atoms with van der Waals surface area (Å²) in [6.45, 7) is 0. The smallest absolute Gasteiger partial charge is 0.150 e. The number of carbonyl (C=O) groups is 1. The van der Waals surface area contributed by atoms with E-state index < -0.39 is 0 Å². The van der Waals surface area contributed by atoms with E-state index in [1.165, 1.54) is 11.1 Å². The van der Waals surface area contributed by atoms with Gasteiger partial charge >= 0.3 is 0 Å². The van der Waals surface area contributed by atoms with Crippen molar-refractivity contribution >= 4 is 29.3 Å². The molecule has 0 radical (unpaired) electrons. The van der Waals surface area contributed by atoms with Gasteiger partial charge in [0.25, 0.3) is 0 Å². The Morgan fingerprint density at radius 3 is 2.63 bits per heavy atom. The zero-order valence-electron chi connectivity index (χ0n) is 10.7. The molecule has 0 N–H and O–H groups in total. The zero-order valence-corrected chi connectivity index (χ0v) is 11.4. The van der Waals surface area contributed by atoms with E-state index in [4.69, 9.17) is 11.6 Å². The largest absolute Gasteiger partial charge is 0.344 e. The molecule has 0 fully saturated rings. The van der Waals surface area contributed by atoms with Crippen LogP contribution in [-0.4, -0.2) is 13.3 Å². The molecule has 19 heavy (non-hydrogen) atoms. The molecule has 2 aromatic carbocycles. The Kier molecular flexibility index (Phi) is 3.03. The fraction of sp³-hybridized carbons (Fsp3) is 0.188. The van der Waals surface area contributed by atoms with Crippen LogP contribution in [0.2, 0.25) is 5.02 Å². The summed E-state index contributed by atoms with van der Waals surface area (Å²) in [5.74, 6) is 0. The van der Waals surface area contributed by atoms with Crippen LogP contribution in [0.3, 0.4) is 0 Å². The minimum atomic E-state index is 0.733. The molecule has 0 atom stereocenters. The molecule has 1 aliphatic heterocycles. The van der Waals surface area contributed by atoms with E-state index in [2.05, 4.69) is 11.0 Å². The highest BCUT2D eigenvalue weighted by molar-refractivity contribution is 6.30. The summed E-state index contributed by atoms with van der Waals surface area (Å²) < 4.78 is 0. The molecule has 2 aromatic rings. The number of benzene rings is 2. The van der Waals surface area contributed by atoms with Crippen LogP contribution in [0, 0.1) is 0 Å². The number of aldehydes is 1. The van der Waals surface area contributed by atoms with Gasteiger partial charge in [-0.15, -0.1) is 0 Å². The van der Waals surface area contributed by atoms with Gasteiger partial charge in [-0.2, -0.15) is 0 Å². The molecule has 1 heterocycles. The first kappa shape index (κ1) is 12.2. The molecule has 0 saturated heterocycles. The molecule has 3 heteroatoms. The fourth-order valence-corrected chi connectivity index (χ4v) is 2.83. The lowest BCUT2D eigenvalue weighted by molar-refractivity contribution is 0.112. The summed E-state index contributed by atoms with van der Waals surface area (Å²) in [5, 5.41) is 0.749. The summed E-state index contributed by atoms with van der Waals surface area (Å²) in [4.78, 5) is 13.0. The van der Waals surface area contributed by atoms with Gasteiger partial charge in [0.15, 0.2) is 0 Å². The molecule has 0 spiro atoms. The second-order valence-electron chi connectivity index (χ2n) is 4.84. The first-order chi connectivity index (χ1) is 9.19. The van der Waals surface area contributed by atoms with Crippen LogP contribution in [0.1, 0.15) is 21.5 Å². The van der Waals surface area contributed by atoms with Crippen molar-refractivity contribution in [3.05, 3.63) is 58.1 Å². The van der Waals surface area contributed by atoms with Gasteiger partial charge in [-0.25, -0.2) is 0 Å². The molecule has 96 valence electrons. The molecular weight excluding hydrogens is 258 g/mol. The van der Waals surface area contributed by atoms with Crippen LogP contribution >= 0.6 is 11.6 Å². The third-order valence-electron chi connectivity index (χ3n) is 3.67. The number of fused-ring (bicyclic) bond motifs is 2. The van der Waals surface area contributed by atoms with Gasteiger partial charge in [0.1, 0.15) is 6.29 Å². The molecular formula is C16H14ClNO. The summed E-state index contributed by atoms with van der Waals surface area (Å²) in [5.41, 5.74) is 5.52. The van der Waals surface area contributed by atoms with Gasteiger partial charge in [0.05, 0.1) is 0 Å². The van der Waals surface area contributed by atoms with Gasteiger partial charge in [0, 0.05) is 29.0 Å². The van der Waals surface area contributed by atoms with Gasteiger partial charge in [-0.05, 0) is 54.3 Å². The van der Waals surface area contributed by atoms with E-state index in [1.807, 2.05) is 37.4 Å². The Morgan fingerprint density at radius 1 is 1.05 bits per heavy atom. The minimum Gasteiger partial charge on any atom is -0.344 e. The predicted octanol–water partition coefficient (Wildman–Crippen LogP) is 4.02. The van der Waals surface area contributed by atoms with E-state index >= 15 is 0 Å². The van der Waals surface area contributed by atoms with Crippen LogP contribution in [0.25, 0.3) is 0 Å². The molecule has 3 rings (SSSR count). The number of halogens is 1. The van der Waals surface area contributed by atoms with Crippen molar-refractivity contribution in [2.45, 2.75) is 12.8 Å². The highest BCUT2D eigenvalue weighted by Gasteiger charge is 2.18. The lowest BCUT2D eigenvalue weighted by atomic mass is 10.0. The molecule has 0 aliphatic carbocycles. The van der Waals surface area contributed by atoms with E-state index in [0.29, 0.717) is 0 Å². The number of anilines is 2. The number of nitrogens with zero attached hydrogens (tertiary/aromatic N) is 1. The highest BCUT2D eigenvalue weighted by Crippen LogP contribution is 2.36. The summed E-state index contributed by atoms with van der Waals surface area (Å²) >= 11 is 6.10. The lowest BCUT2D eigenvalue weighted by Gasteiger charge is -2.22. The second kappa shape index (κ2) is 4.71. The maximum absolute atomic E-state index is 10.9. The monoisotopic (exact) mass is 271 g/mol. The van der Waals surface area contributed by atoms with Gasteiger partial charge in [0.2, 0.25) is 0 Å². The van der Waals surface area contributed by atoms with Crippen LogP contribution in [-0.2, 0) is 12.8 Å². The third-order valence-corrected chi connectivity index (χ3v) is 3.91. The van der Waals surface area contributed by atoms with Crippen LogP contribution in [0.5, 0.6) is 0 Å². The van der Waals surface area contributed by atoms with Crippen LogP contribution < -0.4 is 4.90 Å². The van der Waals surface area contributed by atoms with Crippen molar-refractivity contribution in [3.8, 4) is 0 Å². The SMILES string of the molecule is CN1c2ccc(C=O)cc2CCc2ccc(Cl)cc21. The maximum atomic E-state index is 10.9. The van der Waals surface area contributed by atoms with Crippen molar-refractivity contribution in [3.63, 3.8) is 0 Å². The molecule has 0 bridgehead atoms. The molecule has 2 nitrogen and oxygen atoms in total. The van der Waals surface area contributed by atoms with Crippen molar-refractivity contribution in [1.82, 2.24) is 0 Å². The molecule has 0 unspecified atom stereocenters. The van der Waals surface area contributed by atoms with Crippen molar-refractivity contribution < 1.29 is 4.79 Å². The summed E-state index contributed by atoms with van der Waals surface area (Å²) in [6.07, 6.45) is 2.80. The summed E-state index contributed by atoms with van der Waals surface area (Å²) in [7, 11) is 2.04. The Balaban J connectivity index is 2.14. The number of hydrogen-bond donors (Lipinski definition) is 0. The Labute approximate surface area is 117 Å². The maximum Gasteiger partial charge on any atom is 0.150 e. The van der Waals surface area contributed by atoms with Gasteiger partial charge in [-0.3, -0.25) is 4.79 Å². The first-order valence-electron chi connectivity index (χ1n) is 6.29. The fourth-order valence-electron chi connectivity index (χ4n) is 2.67. The van der Waals surface area contributed by atoms with Crippen molar-refractivity contribution in [2.24, 2.45) is 0 Å². The average Bonchev–Trinajstić information content (AvgIpc) is 2.57. The minimum absolute atomic E-state index is 0.733. The number of carbonyl (C=O) groups excluding carboxylic acids is 1. The van der Waals surface area contributed by atoms with E-state index in [9.17, 15) is 4.79 Å².